The van der Waals surface area contributed by atoms with E-state index >= 15 is 0 Å². The molecule has 0 radical (unpaired) electrons. The molecule has 0 fully saturated rings. The molecular weight excluding hydrogens is 480 g/mol. The number of benzene rings is 3. The van der Waals surface area contributed by atoms with Crippen LogP contribution >= 0.6 is 0 Å². The van der Waals surface area contributed by atoms with Gasteiger partial charge in [-0.3, -0.25) is 18.7 Å². The molecule has 0 bridgehead atoms. The van der Waals surface area contributed by atoms with E-state index in [1.54, 1.807) is 36.4 Å². The van der Waals surface area contributed by atoms with Crippen molar-refractivity contribution in [2.75, 3.05) is 5.32 Å². The Morgan fingerprint density at radius 2 is 1.64 bits per heavy atom. The molecule has 1 unspecified atom stereocenters. The molecule has 186 valence electrons. The third kappa shape index (κ3) is 4.86. The molecule has 1 atom stereocenters. The molecule has 3 aromatic carbocycles. The fourth-order valence-corrected chi connectivity index (χ4v) is 5.18. The van der Waals surface area contributed by atoms with Gasteiger partial charge in [0.2, 0.25) is 15.9 Å². The van der Waals surface area contributed by atoms with Crippen LogP contribution in [0.25, 0.3) is 10.9 Å². The van der Waals surface area contributed by atoms with E-state index in [2.05, 4.69) is 10.0 Å². The number of nitrogens with one attached hydrogen (secondary N) is 2. The first-order chi connectivity index (χ1) is 17.1. The van der Waals surface area contributed by atoms with Crippen molar-refractivity contribution >= 4 is 32.5 Å². The molecule has 1 heterocycles. The van der Waals surface area contributed by atoms with E-state index in [9.17, 15) is 22.8 Å². The number of anilines is 1. The number of nitrogens with zero attached hydrogens (tertiary/aromatic N) is 2. The maximum absolute atomic E-state index is 13.4. The zero-order valence-corrected chi connectivity index (χ0v) is 20.9. The number of aryl methyl sites for hydroxylation is 2. The van der Waals surface area contributed by atoms with Crippen LogP contribution in [0.3, 0.4) is 0 Å². The van der Waals surface area contributed by atoms with Gasteiger partial charge in [0.05, 0.1) is 15.8 Å². The SMILES string of the molecule is CCc1cccc(NC(=O)C(NS(=O)(=O)c2ccc3c(c2)c(=O)n(C)c(=O)n3C)c2ccccc2)c1. The molecule has 2 N–H and O–H groups in total. The lowest BCUT2D eigenvalue weighted by atomic mass is 10.1. The quantitative estimate of drug-likeness (QED) is 0.399. The van der Waals surface area contributed by atoms with Gasteiger partial charge < -0.3 is 5.32 Å². The molecule has 0 aliphatic rings. The van der Waals surface area contributed by atoms with Crippen molar-refractivity contribution in [2.24, 2.45) is 14.1 Å². The van der Waals surface area contributed by atoms with E-state index in [-0.39, 0.29) is 10.3 Å². The highest BCUT2D eigenvalue weighted by Crippen LogP contribution is 2.22. The first-order valence-electron chi connectivity index (χ1n) is 11.3. The van der Waals surface area contributed by atoms with Gasteiger partial charge >= 0.3 is 5.69 Å². The van der Waals surface area contributed by atoms with Gasteiger partial charge in [0.25, 0.3) is 5.56 Å². The first kappa shape index (κ1) is 25.1. The average molecular weight is 507 g/mol. The van der Waals surface area contributed by atoms with Crippen molar-refractivity contribution in [3.8, 4) is 0 Å². The van der Waals surface area contributed by atoms with Crippen LogP contribution in [0, 0.1) is 0 Å². The monoisotopic (exact) mass is 506 g/mol. The molecule has 10 heteroatoms. The third-order valence-corrected chi connectivity index (χ3v) is 7.44. The zero-order chi connectivity index (χ0) is 26.0. The molecule has 0 saturated heterocycles. The maximum atomic E-state index is 13.4. The fourth-order valence-electron chi connectivity index (χ4n) is 3.97. The molecule has 36 heavy (non-hydrogen) atoms. The fraction of sp³-hybridized carbons (Fsp3) is 0.192. The molecule has 0 aliphatic heterocycles. The Labute approximate surface area is 208 Å². The van der Waals surface area contributed by atoms with Crippen molar-refractivity contribution in [1.29, 1.82) is 0 Å². The number of hydrogen-bond acceptors (Lipinski definition) is 5. The predicted molar refractivity (Wildman–Crippen MR) is 138 cm³/mol. The highest BCUT2D eigenvalue weighted by molar-refractivity contribution is 7.89. The van der Waals surface area contributed by atoms with E-state index < -0.39 is 33.2 Å². The molecule has 1 aromatic heterocycles. The van der Waals surface area contributed by atoms with E-state index in [1.165, 1.54) is 36.9 Å². The van der Waals surface area contributed by atoms with Gasteiger partial charge in [-0.05, 0) is 47.9 Å². The molecule has 1 amide bonds. The number of sulfonamides is 1. The van der Waals surface area contributed by atoms with Gasteiger partial charge in [-0.1, -0.05) is 49.4 Å². The number of amides is 1. The van der Waals surface area contributed by atoms with Crippen LogP contribution < -0.4 is 21.3 Å². The summed E-state index contributed by atoms with van der Waals surface area (Å²) in [5.74, 6) is -0.558. The summed E-state index contributed by atoms with van der Waals surface area (Å²) in [6.07, 6.45) is 0.783. The van der Waals surface area contributed by atoms with Gasteiger partial charge in [0, 0.05) is 19.8 Å². The van der Waals surface area contributed by atoms with Crippen molar-refractivity contribution < 1.29 is 13.2 Å². The van der Waals surface area contributed by atoms with Crippen LogP contribution in [0.5, 0.6) is 0 Å². The second-order valence-electron chi connectivity index (χ2n) is 8.39. The summed E-state index contributed by atoms with van der Waals surface area (Å²) in [7, 11) is -1.42. The Balaban J connectivity index is 1.73. The van der Waals surface area contributed by atoms with Crippen LogP contribution in [0.4, 0.5) is 5.69 Å². The normalized spacial score (nSPS) is 12.4. The van der Waals surface area contributed by atoms with Crippen LogP contribution in [0.1, 0.15) is 24.1 Å². The van der Waals surface area contributed by atoms with Crippen LogP contribution in [0.15, 0.2) is 87.3 Å². The lowest BCUT2D eigenvalue weighted by molar-refractivity contribution is -0.117. The summed E-state index contributed by atoms with van der Waals surface area (Å²) >= 11 is 0. The number of fused-ring (bicyclic) bond motifs is 1. The highest BCUT2D eigenvalue weighted by Gasteiger charge is 2.28. The Hall–Kier alpha value is -4.02. The molecule has 0 spiro atoms. The standard InChI is InChI=1S/C26H26N4O5S/c1-4-17-9-8-12-19(15-17)27-24(31)23(18-10-6-5-7-11-18)28-36(34,35)20-13-14-22-21(16-20)25(32)30(3)26(33)29(22)2/h5-16,23,28H,4H2,1-3H3,(H,27,31). The summed E-state index contributed by atoms with van der Waals surface area (Å²) in [6, 6.07) is 18.5. The summed E-state index contributed by atoms with van der Waals surface area (Å²) in [5.41, 5.74) is 1.19. The Morgan fingerprint density at radius 3 is 2.33 bits per heavy atom. The average Bonchev–Trinajstić information content (AvgIpc) is 2.89. The Bertz CT molecular complexity index is 1670. The molecule has 4 aromatic rings. The predicted octanol–water partition coefficient (Wildman–Crippen LogP) is 2.46. The van der Waals surface area contributed by atoms with Gasteiger partial charge in [0.1, 0.15) is 6.04 Å². The summed E-state index contributed by atoms with van der Waals surface area (Å²) in [4.78, 5) is 37.9. The molecule has 9 nitrogen and oxygen atoms in total. The van der Waals surface area contributed by atoms with Crippen molar-refractivity contribution in [2.45, 2.75) is 24.3 Å². The molecular formula is C26H26N4O5S. The topological polar surface area (TPSA) is 119 Å². The zero-order valence-electron chi connectivity index (χ0n) is 20.1. The minimum Gasteiger partial charge on any atom is -0.324 e. The second kappa shape index (κ2) is 9.92. The number of hydrogen-bond donors (Lipinski definition) is 2. The largest absolute Gasteiger partial charge is 0.330 e. The number of carbonyl (C=O) groups is 1. The van der Waals surface area contributed by atoms with Crippen LogP contribution in [-0.4, -0.2) is 23.5 Å². The van der Waals surface area contributed by atoms with E-state index in [0.717, 1.165) is 16.6 Å². The number of carbonyl (C=O) groups excluding carboxylic acids is 1. The van der Waals surface area contributed by atoms with Gasteiger partial charge in [-0.25, -0.2) is 13.2 Å². The summed E-state index contributed by atoms with van der Waals surface area (Å²) in [6.45, 7) is 2.00. The Morgan fingerprint density at radius 1 is 0.917 bits per heavy atom. The minimum atomic E-state index is -4.25. The number of rotatable bonds is 7. The highest BCUT2D eigenvalue weighted by atomic mass is 32.2. The summed E-state index contributed by atoms with van der Waals surface area (Å²) < 4.78 is 31.5. The van der Waals surface area contributed by atoms with E-state index in [0.29, 0.717) is 16.8 Å². The van der Waals surface area contributed by atoms with Crippen molar-refractivity contribution in [1.82, 2.24) is 13.9 Å². The van der Waals surface area contributed by atoms with Gasteiger partial charge in [-0.15, -0.1) is 0 Å². The summed E-state index contributed by atoms with van der Waals surface area (Å²) in [5, 5.41) is 2.86. The lowest BCUT2D eigenvalue weighted by Gasteiger charge is -2.19. The second-order valence-corrected chi connectivity index (χ2v) is 10.1. The van der Waals surface area contributed by atoms with Gasteiger partial charge in [-0.2, -0.15) is 4.72 Å². The first-order valence-corrected chi connectivity index (χ1v) is 12.8. The molecule has 0 aliphatic carbocycles. The minimum absolute atomic E-state index is 0.0690. The maximum Gasteiger partial charge on any atom is 0.330 e. The molecule has 4 rings (SSSR count). The van der Waals surface area contributed by atoms with E-state index in [1.807, 2.05) is 25.1 Å². The van der Waals surface area contributed by atoms with Crippen LogP contribution in [-0.2, 0) is 35.3 Å². The van der Waals surface area contributed by atoms with Crippen LogP contribution in [0.2, 0.25) is 0 Å². The van der Waals surface area contributed by atoms with Crippen molar-refractivity contribution in [3.63, 3.8) is 0 Å². The van der Waals surface area contributed by atoms with Gasteiger partial charge in [0.15, 0.2) is 0 Å². The lowest BCUT2D eigenvalue weighted by Crippen LogP contribution is -2.38. The Kier molecular flexibility index (Phi) is 6.91. The smallest absolute Gasteiger partial charge is 0.324 e. The van der Waals surface area contributed by atoms with E-state index in [4.69, 9.17) is 0 Å². The number of aromatic nitrogens is 2. The third-order valence-electron chi connectivity index (χ3n) is 6.02. The van der Waals surface area contributed by atoms with Crippen molar-refractivity contribution in [3.05, 3.63) is 105 Å². The molecule has 0 saturated carbocycles.